The second-order valence-corrected chi connectivity index (χ2v) is 2.69. The average molecular weight is 196 g/mol. The minimum Gasteiger partial charge on any atom is -0.490 e. The molecule has 0 aromatic heterocycles. The van der Waals surface area contributed by atoms with Gasteiger partial charge < -0.3 is 21.3 Å². The predicted octanol–water partition coefficient (Wildman–Crippen LogP) is -0.261. The molecule has 1 aromatic rings. The van der Waals surface area contributed by atoms with E-state index in [0.29, 0.717) is 11.4 Å². The van der Waals surface area contributed by atoms with Crippen molar-refractivity contribution < 1.29 is 14.6 Å². The number of hydrogen-bond acceptors (Lipinski definition) is 4. The van der Waals surface area contributed by atoms with E-state index >= 15 is 0 Å². The quantitative estimate of drug-likeness (QED) is 0.578. The van der Waals surface area contributed by atoms with E-state index in [1.54, 1.807) is 6.07 Å². The fraction of sp³-hybridized carbons (Fsp3) is 0.222. The first kappa shape index (κ1) is 10.3. The van der Waals surface area contributed by atoms with Gasteiger partial charge in [0.15, 0.2) is 0 Å². The van der Waals surface area contributed by atoms with E-state index in [1.807, 2.05) is 0 Å². The van der Waals surface area contributed by atoms with Crippen molar-refractivity contribution in [2.24, 2.45) is 5.73 Å². The van der Waals surface area contributed by atoms with E-state index in [-0.39, 0.29) is 18.8 Å². The number of amides is 1. The highest BCUT2D eigenvalue weighted by Crippen LogP contribution is 2.21. The topological polar surface area (TPSA) is 98.6 Å². The summed E-state index contributed by atoms with van der Waals surface area (Å²) < 4.78 is 5.10. The van der Waals surface area contributed by atoms with Crippen molar-refractivity contribution in [3.05, 3.63) is 23.8 Å². The molecule has 0 aliphatic rings. The van der Waals surface area contributed by atoms with Crippen LogP contribution in [0, 0.1) is 0 Å². The second kappa shape index (κ2) is 4.48. The van der Waals surface area contributed by atoms with Crippen molar-refractivity contribution in [2.75, 3.05) is 18.9 Å². The highest BCUT2D eigenvalue weighted by Gasteiger charge is 2.09. The normalized spacial score (nSPS) is 9.79. The predicted molar refractivity (Wildman–Crippen MR) is 52.0 cm³/mol. The Balaban J connectivity index is 2.97. The molecule has 14 heavy (non-hydrogen) atoms. The van der Waals surface area contributed by atoms with Crippen LogP contribution in [0.15, 0.2) is 18.2 Å². The fourth-order valence-corrected chi connectivity index (χ4v) is 1.02. The second-order valence-electron chi connectivity index (χ2n) is 2.69. The van der Waals surface area contributed by atoms with Gasteiger partial charge in [-0.05, 0) is 12.1 Å². The summed E-state index contributed by atoms with van der Waals surface area (Å²) in [6.07, 6.45) is 0. The minimum absolute atomic E-state index is 0.101. The summed E-state index contributed by atoms with van der Waals surface area (Å²) >= 11 is 0. The van der Waals surface area contributed by atoms with Gasteiger partial charge in [-0.1, -0.05) is 0 Å². The number of nitrogen functional groups attached to an aromatic ring is 1. The van der Waals surface area contributed by atoms with Crippen molar-refractivity contribution in [1.29, 1.82) is 0 Å². The van der Waals surface area contributed by atoms with E-state index in [0.717, 1.165) is 0 Å². The van der Waals surface area contributed by atoms with Gasteiger partial charge in [-0.25, -0.2) is 0 Å². The third-order valence-electron chi connectivity index (χ3n) is 1.62. The van der Waals surface area contributed by atoms with Crippen LogP contribution >= 0.6 is 0 Å². The highest BCUT2D eigenvalue weighted by molar-refractivity contribution is 5.96. The number of ether oxygens (including phenoxy) is 1. The van der Waals surface area contributed by atoms with Crippen molar-refractivity contribution in [3.8, 4) is 5.75 Å². The molecule has 0 aliphatic heterocycles. The number of hydrogen-bond donors (Lipinski definition) is 3. The molecule has 0 aliphatic carbocycles. The van der Waals surface area contributed by atoms with Gasteiger partial charge in [-0.2, -0.15) is 0 Å². The maximum atomic E-state index is 10.9. The lowest BCUT2D eigenvalue weighted by atomic mass is 10.2. The standard InChI is InChI=1S/C9H12N2O3/c10-6-1-2-7(9(11)13)8(5-6)14-4-3-12/h1-2,5,12H,3-4,10H2,(H2,11,13). The number of rotatable bonds is 4. The van der Waals surface area contributed by atoms with Crippen molar-refractivity contribution >= 4 is 11.6 Å². The van der Waals surface area contributed by atoms with Crippen LogP contribution < -0.4 is 16.2 Å². The van der Waals surface area contributed by atoms with Crippen LogP contribution in [-0.2, 0) is 0 Å². The minimum atomic E-state index is -0.585. The smallest absolute Gasteiger partial charge is 0.252 e. The SMILES string of the molecule is NC(=O)c1ccc(N)cc1OCCO. The molecule has 0 unspecified atom stereocenters. The van der Waals surface area contributed by atoms with Gasteiger partial charge >= 0.3 is 0 Å². The lowest BCUT2D eigenvalue weighted by Crippen LogP contribution is -2.14. The summed E-state index contributed by atoms with van der Waals surface area (Å²) in [4.78, 5) is 10.9. The number of benzene rings is 1. The maximum absolute atomic E-state index is 10.9. The molecule has 0 bridgehead atoms. The van der Waals surface area contributed by atoms with Gasteiger partial charge in [0.05, 0.1) is 12.2 Å². The van der Waals surface area contributed by atoms with Gasteiger partial charge in [0.1, 0.15) is 12.4 Å². The Morgan fingerprint density at radius 1 is 1.50 bits per heavy atom. The summed E-state index contributed by atoms with van der Waals surface area (Å²) in [6.45, 7) is -0.0310. The summed E-state index contributed by atoms with van der Waals surface area (Å²) in [5.41, 5.74) is 11.4. The van der Waals surface area contributed by atoms with Gasteiger partial charge in [0.25, 0.3) is 5.91 Å². The van der Waals surface area contributed by atoms with E-state index in [1.165, 1.54) is 12.1 Å². The van der Waals surface area contributed by atoms with Gasteiger partial charge in [0, 0.05) is 11.8 Å². The fourth-order valence-electron chi connectivity index (χ4n) is 1.02. The number of primary amides is 1. The molecule has 0 heterocycles. The number of nitrogens with two attached hydrogens (primary N) is 2. The van der Waals surface area contributed by atoms with Crippen LogP contribution in [0.25, 0.3) is 0 Å². The molecule has 1 amide bonds. The van der Waals surface area contributed by atoms with Crippen LogP contribution in [0.3, 0.4) is 0 Å². The van der Waals surface area contributed by atoms with Crippen molar-refractivity contribution in [2.45, 2.75) is 0 Å². The Labute approximate surface area is 81.3 Å². The van der Waals surface area contributed by atoms with Gasteiger partial charge in [-0.15, -0.1) is 0 Å². The molecule has 5 heteroatoms. The van der Waals surface area contributed by atoms with Crippen molar-refractivity contribution in [3.63, 3.8) is 0 Å². The van der Waals surface area contributed by atoms with Gasteiger partial charge in [0.2, 0.25) is 0 Å². The molecule has 0 atom stereocenters. The third-order valence-corrected chi connectivity index (χ3v) is 1.62. The van der Waals surface area contributed by atoms with Crippen LogP contribution in [0.5, 0.6) is 5.75 Å². The molecule has 76 valence electrons. The molecule has 0 saturated carbocycles. The molecule has 0 fully saturated rings. The number of anilines is 1. The zero-order chi connectivity index (χ0) is 10.6. The number of aliphatic hydroxyl groups is 1. The van der Waals surface area contributed by atoms with E-state index in [2.05, 4.69) is 0 Å². The Morgan fingerprint density at radius 2 is 2.21 bits per heavy atom. The Hall–Kier alpha value is -1.75. The van der Waals surface area contributed by atoms with Crippen molar-refractivity contribution in [1.82, 2.24) is 0 Å². The zero-order valence-corrected chi connectivity index (χ0v) is 7.56. The molecule has 5 nitrogen and oxygen atoms in total. The lowest BCUT2D eigenvalue weighted by molar-refractivity contribution is 0.0994. The molecular formula is C9H12N2O3. The molecule has 1 rings (SSSR count). The molecular weight excluding hydrogens is 184 g/mol. The Kier molecular flexibility index (Phi) is 3.30. The summed E-state index contributed by atoms with van der Waals surface area (Å²) in [5.74, 6) is -0.288. The summed E-state index contributed by atoms with van der Waals surface area (Å²) in [5, 5.41) is 8.55. The number of carbonyl (C=O) groups excluding carboxylic acids is 1. The molecule has 1 aromatic carbocycles. The first-order valence-corrected chi connectivity index (χ1v) is 4.08. The molecule has 0 spiro atoms. The molecule has 0 radical (unpaired) electrons. The van der Waals surface area contributed by atoms with E-state index in [9.17, 15) is 4.79 Å². The molecule has 0 saturated heterocycles. The van der Waals surface area contributed by atoms with E-state index < -0.39 is 5.91 Å². The number of carbonyl (C=O) groups is 1. The summed E-state index contributed by atoms with van der Waals surface area (Å²) in [7, 11) is 0. The average Bonchev–Trinajstić information content (AvgIpc) is 2.14. The van der Waals surface area contributed by atoms with E-state index in [4.69, 9.17) is 21.3 Å². The molecule has 5 N–H and O–H groups in total. The van der Waals surface area contributed by atoms with Crippen LogP contribution in [-0.4, -0.2) is 24.2 Å². The summed E-state index contributed by atoms with van der Waals surface area (Å²) in [6, 6.07) is 4.55. The number of aliphatic hydroxyl groups excluding tert-OH is 1. The Bertz CT molecular complexity index is 339. The van der Waals surface area contributed by atoms with Crippen LogP contribution in [0.4, 0.5) is 5.69 Å². The maximum Gasteiger partial charge on any atom is 0.252 e. The van der Waals surface area contributed by atoms with Crippen LogP contribution in [0.2, 0.25) is 0 Å². The monoisotopic (exact) mass is 196 g/mol. The zero-order valence-electron chi connectivity index (χ0n) is 7.56. The van der Waals surface area contributed by atoms with Crippen LogP contribution in [0.1, 0.15) is 10.4 Å². The Morgan fingerprint density at radius 3 is 2.79 bits per heavy atom. The first-order chi connectivity index (χ1) is 6.65. The highest BCUT2D eigenvalue weighted by atomic mass is 16.5. The first-order valence-electron chi connectivity index (χ1n) is 4.08. The van der Waals surface area contributed by atoms with Gasteiger partial charge in [-0.3, -0.25) is 4.79 Å². The third kappa shape index (κ3) is 2.37. The largest absolute Gasteiger partial charge is 0.490 e. The lowest BCUT2D eigenvalue weighted by Gasteiger charge is -2.08.